The SMILES string of the molecule is Cc1ccc(-n2cnc(N=CN3CCOCC3)c2C)cc1. The number of hydrogen-bond donors (Lipinski definition) is 0. The van der Waals surface area contributed by atoms with Gasteiger partial charge in [-0.1, -0.05) is 17.7 Å². The van der Waals surface area contributed by atoms with Gasteiger partial charge in [-0.05, 0) is 26.0 Å². The molecule has 0 spiro atoms. The number of aryl methyl sites for hydroxylation is 1. The maximum Gasteiger partial charge on any atom is 0.174 e. The molecule has 21 heavy (non-hydrogen) atoms. The van der Waals surface area contributed by atoms with Gasteiger partial charge in [-0.25, -0.2) is 9.98 Å². The molecule has 0 bridgehead atoms. The van der Waals surface area contributed by atoms with Crippen molar-refractivity contribution in [2.45, 2.75) is 13.8 Å². The van der Waals surface area contributed by atoms with Crippen LogP contribution in [0.4, 0.5) is 5.82 Å². The molecule has 1 aliphatic rings. The zero-order chi connectivity index (χ0) is 14.7. The van der Waals surface area contributed by atoms with Crippen LogP contribution >= 0.6 is 0 Å². The van der Waals surface area contributed by atoms with E-state index in [1.54, 1.807) is 0 Å². The third-order valence-corrected chi connectivity index (χ3v) is 3.68. The van der Waals surface area contributed by atoms with E-state index in [4.69, 9.17) is 4.74 Å². The second-order valence-electron chi connectivity index (χ2n) is 5.25. The van der Waals surface area contributed by atoms with Crippen LogP contribution in [0.3, 0.4) is 0 Å². The van der Waals surface area contributed by atoms with Crippen molar-refractivity contribution in [1.29, 1.82) is 0 Å². The summed E-state index contributed by atoms with van der Waals surface area (Å²) in [5.41, 5.74) is 3.41. The summed E-state index contributed by atoms with van der Waals surface area (Å²) in [5.74, 6) is 0.766. The van der Waals surface area contributed by atoms with Gasteiger partial charge in [0.1, 0.15) is 6.33 Å². The molecular weight excluding hydrogens is 264 g/mol. The lowest BCUT2D eigenvalue weighted by Crippen LogP contribution is -2.35. The molecule has 0 N–H and O–H groups in total. The predicted octanol–water partition coefficient (Wildman–Crippen LogP) is 2.48. The largest absolute Gasteiger partial charge is 0.378 e. The Balaban J connectivity index is 1.78. The number of benzene rings is 1. The smallest absolute Gasteiger partial charge is 0.174 e. The predicted molar refractivity (Wildman–Crippen MR) is 83.6 cm³/mol. The highest BCUT2D eigenvalue weighted by molar-refractivity contribution is 5.61. The summed E-state index contributed by atoms with van der Waals surface area (Å²) in [4.78, 5) is 11.1. The van der Waals surface area contributed by atoms with Gasteiger partial charge in [0, 0.05) is 18.8 Å². The normalized spacial score (nSPS) is 15.8. The van der Waals surface area contributed by atoms with Crippen molar-refractivity contribution < 1.29 is 4.74 Å². The van der Waals surface area contributed by atoms with Crippen LogP contribution in [0.25, 0.3) is 5.69 Å². The Hall–Kier alpha value is -2.14. The number of hydrogen-bond acceptors (Lipinski definition) is 3. The van der Waals surface area contributed by atoms with E-state index in [9.17, 15) is 0 Å². The van der Waals surface area contributed by atoms with Gasteiger partial charge in [0.05, 0.1) is 25.2 Å². The van der Waals surface area contributed by atoms with Crippen LogP contribution < -0.4 is 0 Å². The Morgan fingerprint density at radius 3 is 2.57 bits per heavy atom. The fourth-order valence-corrected chi connectivity index (χ4v) is 2.32. The van der Waals surface area contributed by atoms with Gasteiger partial charge in [-0.3, -0.25) is 0 Å². The summed E-state index contributed by atoms with van der Waals surface area (Å²) in [6.07, 6.45) is 3.70. The molecule has 0 saturated carbocycles. The maximum atomic E-state index is 5.32. The highest BCUT2D eigenvalue weighted by Crippen LogP contribution is 2.20. The van der Waals surface area contributed by atoms with Gasteiger partial charge in [0.15, 0.2) is 5.82 Å². The lowest BCUT2D eigenvalue weighted by molar-refractivity contribution is 0.0701. The quantitative estimate of drug-likeness (QED) is 0.642. The van der Waals surface area contributed by atoms with Gasteiger partial charge < -0.3 is 14.2 Å². The molecule has 0 amide bonds. The fraction of sp³-hybridized carbons (Fsp3) is 0.375. The standard InChI is InChI=1S/C16H20N4O/c1-13-3-5-15(6-4-13)20-12-18-16(14(20)2)17-11-19-7-9-21-10-8-19/h3-6,11-12H,7-10H2,1-2H3. The zero-order valence-corrected chi connectivity index (χ0v) is 12.5. The maximum absolute atomic E-state index is 5.32. The van der Waals surface area contributed by atoms with E-state index >= 15 is 0 Å². The van der Waals surface area contributed by atoms with Crippen molar-refractivity contribution in [3.05, 3.63) is 41.9 Å². The van der Waals surface area contributed by atoms with Crippen LogP contribution in [0.5, 0.6) is 0 Å². The van der Waals surface area contributed by atoms with E-state index in [2.05, 4.69) is 50.6 Å². The second-order valence-corrected chi connectivity index (χ2v) is 5.25. The number of aliphatic imine (C=N–C) groups is 1. The van der Waals surface area contributed by atoms with E-state index in [1.165, 1.54) is 5.56 Å². The van der Waals surface area contributed by atoms with Crippen molar-refractivity contribution in [3.63, 3.8) is 0 Å². The lowest BCUT2D eigenvalue weighted by atomic mass is 10.2. The molecule has 5 heteroatoms. The van der Waals surface area contributed by atoms with E-state index < -0.39 is 0 Å². The van der Waals surface area contributed by atoms with Crippen molar-refractivity contribution in [3.8, 4) is 5.69 Å². The van der Waals surface area contributed by atoms with Gasteiger partial charge in [0.2, 0.25) is 0 Å². The average Bonchev–Trinajstić information content (AvgIpc) is 2.88. The number of rotatable bonds is 3. The van der Waals surface area contributed by atoms with Crippen LogP contribution in [-0.2, 0) is 4.74 Å². The molecule has 110 valence electrons. The molecule has 0 unspecified atom stereocenters. The first kappa shape index (κ1) is 13.8. The number of aromatic nitrogens is 2. The summed E-state index contributed by atoms with van der Waals surface area (Å²) in [6.45, 7) is 7.44. The van der Waals surface area contributed by atoms with Crippen molar-refractivity contribution in [1.82, 2.24) is 14.5 Å². The van der Waals surface area contributed by atoms with Crippen LogP contribution in [0.15, 0.2) is 35.6 Å². The van der Waals surface area contributed by atoms with Crippen molar-refractivity contribution >= 4 is 12.2 Å². The van der Waals surface area contributed by atoms with Crippen LogP contribution in [-0.4, -0.2) is 47.1 Å². The van der Waals surface area contributed by atoms with Gasteiger partial charge in [0.25, 0.3) is 0 Å². The third-order valence-electron chi connectivity index (χ3n) is 3.68. The summed E-state index contributed by atoms with van der Waals surface area (Å²) in [6, 6.07) is 8.40. The number of ether oxygens (including phenoxy) is 1. The molecule has 0 radical (unpaired) electrons. The van der Waals surface area contributed by atoms with Crippen LogP contribution in [0, 0.1) is 13.8 Å². The summed E-state index contributed by atoms with van der Waals surface area (Å²) in [5, 5.41) is 0. The molecular formula is C16H20N4O. The molecule has 1 aromatic carbocycles. The molecule has 1 aromatic heterocycles. The topological polar surface area (TPSA) is 42.7 Å². The second kappa shape index (κ2) is 6.10. The van der Waals surface area contributed by atoms with Gasteiger partial charge >= 0.3 is 0 Å². The molecule has 0 aliphatic carbocycles. The Morgan fingerprint density at radius 1 is 1.14 bits per heavy atom. The molecule has 0 atom stereocenters. The van der Waals surface area contributed by atoms with Crippen LogP contribution in [0.2, 0.25) is 0 Å². The minimum Gasteiger partial charge on any atom is -0.378 e. The van der Waals surface area contributed by atoms with E-state index in [0.29, 0.717) is 0 Å². The Morgan fingerprint density at radius 2 is 1.86 bits per heavy atom. The average molecular weight is 284 g/mol. The highest BCUT2D eigenvalue weighted by atomic mass is 16.5. The summed E-state index contributed by atoms with van der Waals surface area (Å²) < 4.78 is 7.38. The lowest BCUT2D eigenvalue weighted by Gasteiger charge is -2.23. The Labute approximate surface area is 124 Å². The first-order chi connectivity index (χ1) is 10.2. The van der Waals surface area contributed by atoms with Crippen LogP contribution in [0.1, 0.15) is 11.3 Å². The minimum absolute atomic E-state index is 0.766. The highest BCUT2D eigenvalue weighted by Gasteiger charge is 2.09. The number of imidazole rings is 1. The molecule has 2 heterocycles. The van der Waals surface area contributed by atoms with E-state index in [1.807, 2.05) is 19.6 Å². The Kier molecular flexibility index (Phi) is 4.01. The third kappa shape index (κ3) is 3.13. The first-order valence-electron chi connectivity index (χ1n) is 7.21. The van der Waals surface area contributed by atoms with Crippen molar-refractivity contribution in [2.75, 3.05) is 26.3 Å². The first-order valence-corrected chi connectivity index (χ1v) is 7.21. The van der Waals surface area contributed by atoms with E-state index in [0.717, 1.165) is 43.5 Å². The van der Waals surface area contributed by atoms with E-state index in [-0.39, 0.29) is 0 Å². The molecule has 1 saturated heterocycles. The van der Waals surface area contributed by atoms with Gasteiger partial charge in [-0.15, -0.1) is 0 Å². The number of morpholine rings is 1. The summed E-state index contributed by atoms with van der Waals surface area (Å²) >= 11 is 0. The molecule has 1 fully saturated rings. The van der Waals surface area contributed by atoms with Crippen molar-refractivity contribution in [2.24, 2.45) is 4.99 Å². The number of nitrogens with zero attached hydrogens (tertiary/aromatic N) is 4. The van der Waals surface area contributed by atoms with Gasteiger partial charge in [-0.2, -0.15) is 0 Å². The summed E-state index contributed by atoms with van der Waals surface area (Å²) in [7, 11) is 0. The Bertz CT molecular complexity index is 624. The fourth-order valence-electron chi connectivity index (χ4n) is 2.32. The molecule has 5 nitrogen and oxygen atoms in total. The zero-order valence-electron chi connectivity index (χ0n) is 12.5. The molecule has 1 aliphatic heterocycles. The molecule has 2 aromatic rings. The molecule has 3 rings (SSSR count). The minimum atomic E-state index is 0.766. The monoisotopic (exact) mass is 284 g/mol.